The van der Waals surface area contributed by atoms with Crippen molar-refractivity contribution in [3.8, 4) is 0 Å². The first-order valence-electron chi connectivity index (χ1n) is 8.85. The van der Waals surface area contributed by atoms with E-state index < -0.39 is 4.92 Å². The highest BCUT2D eigenvalue weighted by molar-refractivity contribution is 8.01. The molecule has 9 heteroatoms. The van der Waals surface area contributed by atoms with Crippen molar-refractivity contribution in [1.82, 2.24) is 10.3 Å². The molecular formula is C19H20N4O3S2. The van der Waals surface area contributed by atoms with Crippen LogP contribution in [0.2, 0.25) is 0 Å². The number of nitro benzene ring substituents is 1. The van der Waals surface area contributed by atoms with E-state index in [9.17, 15) is 14.9 Å². The Morgan fingerprint density at radius 3 is 2.68 bits per heavy atom. The number of benzene rings is 2. The van der Waals surface area contributed by atoms with E-state index in [0.29, 0.717) is 19.5 Å². The van der Waals surface area contributed by atoms with Crippen LogP contribution in [0.3, 0.4) is 0 Å². The monoisotopic (exact) mass is 416 g/mol. The number of thiazole rings is 1. The number of hydrogen-bond acceptors (Lipinski definition) is 7. The average molecular weight is 417 g/mol. The van der Waals surface area contributed by atoms with Crippen molar-refractivity contribution in [2.45, 2.75) is 17.2 Å². The SMILES string of the molecule is O=C(CCCSc1nc2ccccc2s1)NCCNc1ccc([N+](=O)[O-])cc1. The summed E-state index contributed by atoms with van der Waals surface area (Å²) in [5.74, 6) is 0.879. The Kier molecular flexibility index (Phi) is 7.21. The Morgan fingerprint density at radius 1 is 1.14 bits per heavy atom. The number of rotatable bonds is 10. The maximum atomic E-state index is 11.9. The molecule has 2 aromatic carbocycles. The summed E-state index contributed by atoms with van der Waals surface area (Å²) in [6.45, 7) is 1.06. The fourth-order valence-electron chi connectivity index (χ4n) is 2.50. The largest absolute Gasteiger partial charge is 0.383 e. The number of thioether (sulfide) groups is 1. The molecule has 0 bridgehead atoms. The zero-order valence-corrected chi connectivity index (χ0v) is 16.7. The molecule has 1 aromatic heterocycles. The Labute approximate surface area is 170 Å². The van der Waals surface area contributed by atoms with Crippen molar-refractivity contribution in [1.29, 1.82) is 0 Å². The summed E-state index contributed by atoms with van der Waals surface area (Å²) in [5.41, 5.74) is 1.86. The van der Waals surface area contributed by atoms with Crippen molar-refractivity contribution in [2.24, 2.45) is 0 Å². The van der Waals surface area contributed by atoms with Crippen molar-refractivity contribution < 1.29 is 9.72 Å². The molecule has 0 aliphatic carbocycles. The minimum absolute atomic E-state index is 0.0235. The molecule has 1 amide bonds. The summed E-state index contributed by atoms with van der Waals surface area (Å²) >= 11 is 3.36. The first-order valence-corrected chi connectivity index (χ1v) is 10.7. The lowest BCUT2D eigenvalue weighted by Crippen LogP contribution is -2.28. The molecule has 0 spiro atoms. The van der Waals surface area contributed by atoms with E-state index in [1.807, 2.05) is 18.2 Å². The van der Waals surface area contributed by atoms with Crippen LogP contribution in [0.25, 0.3) is 10.2 Å². The zero-order valence-electron chi connectivity index (χ0n) is 15.1. The molecule has 0 aliphatic rings. The standard InChI is InChI=1S/C19H20N4O3S2/c24-18(21-12-11-20-14-7-9-15(10-8-14)23(25)26)6-3-13-27-19-22-16-4-1-2-5-17(16)28-19/h1-2,4-5,7-10,20H,3,6,11-13H2,(H,21,24). The molecule has 28 heavy (non-hydrogen) atoms. The van der Waals surface area contributed by atoms with Gasteiger partial charge in [-0.2, -0.15) is 0 Å². The number of nitrogens with zero attached hydrogens (tertiary/aromatic N) is 2. The molecule has 0 aliphatic heterocycles. The van der Waals surface area contributed by atoms with Crippen molar-refractivity contribution in [3.05, 3.63) is 58.6 Å². The van der Waals surface area contributed by atoms with Gasteiger partial charge in [-0.05, 0) is 30.7 Å². The minimum Gasteiger partial charge on any atom is -0.383 e. The van der Waals surface area contributed by atoms with E-state index >= 15 is 0 Å². The van der Waals surface area contributed by atoms with Crippen LogP contribution < -0.4 is 10.6 Å². The lowest BCUT2D eigenvalue weighted by molar-refractivity contribution is -0.384. The number of amides is 1. The van der Waals surface area contributed by atoms with Crippen molar-refractivity contribution >= 4 is 50.6 Å². The first kappa shape index (κ1) is 20.1. The molecule has 0 fully saturated rings. The predicted octanol–water partition coefficient (Wildman–Crippen LogP) is 4.31. The number of carbonyl (C=O) groups is 1. The van der Waals surface area contributed by atoms with Gasteiger partial charge >= 0.3 is 0 Å². The van der Waals surface area contributed by atoms with Crippen LogP contribution >= 0.6 is 23.1 Å². The molecule has 0 unspecified atom stereocenters. The summed E-state index contributed by atoms with van der Waals surface area (Å²) < 4.78 is 2.22. The van der Waals surface area contributed by atoms with E-state index in [1.54, 1.807) is 35.2 Å². The number of fused-ring (bicyclic) bond motifs is 1. The summed E-state index contributed by atoms with van der Waals surface area (Å²) in [7, 11) is 0. The van der Waals surface area contributed by atoms with Crippen LogP contribution in [0.5, 0.6) is 0 Å². The van der Waals surface area contributed by atoms with Gasteiger partial charge in [-0.1, -0.05) is 23.9 Å². The third-order valence-electron chi connectivity index (χ3n) is 3.90. The summed E-state index contributed by atoms with van der Waals surface area (Å²) in [4.78, 5) is 26.6. The molecule has 1 heterocycles. The number of anilines is 1. The van der Waals surface area contributed by atoms with Gasteiger partial charge in [0, 0.05) is 43.1 Å². The number of nitrogens with one attached hydrogen (secondary N) is 2. The van der Waals surface area contributed by atoms with Crippen LogP contribution in [0.4, 0.5) is 11.4 Å². The normalized spacial score (nSPS) is 10.7. The number of aromatic nitrogens is 1. The lowest BCUT2D eigenvalue weighted by Gasteiger charge is -2.07. The quantitative estimate of drug-likeness (QED) is 0.221. The van der Waals surface area contributed by atoms with E-state index in [2.05, 4.69) is 21.7 Å². The minimum atomic E-state index is -0.431. The van der Waals surface area contributed by atoms with Crippen LogP contribution in [0.15, 0.2) is 52.9 Å². The summed E-state index contributed by atoms with van der Waals surface area (Å²) in [5, 5.41) is 16.6. The highest BCUT2D eigenvalue weighted by atomic mass is 32.2. The van der Waals surface area contributed by atoms with Crippen molar-refractivity contribution in [3.63, 3.8) is 0 Å². The number of para-hydroxylation sites is 1. The molecular weight excluding hydrogens is 396 g/mol. The van der Waals surface area contributed by atoms with Gasteiger partial charge in [-0.15, -0.1) is 11.3 Å². The molecule has 0 atom stereocenters. The molecule has 7 nitrogen and oxygen atoms in total. The number of nitro groups is 1. The molecule has 3 rings (SSSR count). The zero-order chi connectivity index (χ0) is 19.8. The molecule has 146 valence electrons. The van der Waals surface area contributed by atoms with E-state index in [0.717, 1.165) is 27.7 Å². The number of non-ortho nitro benzene ring substituents is 1. The third kappa shape index (κ3) is 5.93. The highest BCUT2D eigenvalue weighted by Gasteiger charge is 2.06. The van der Waals surface area contributed by atoms with Crippen LogP contribution in [0, 0.1) is 10.1 Å². The predicted molar refractivity (Wildman–Crippen MR) is 114 cm³/mol. The third-order valence-corrected chi connectivity index (χ3v) is 6.17. The van der Waals surface area contributed by atoms with Gasteiger partial charge in [0.25, 0.3) is 5.69 Å². The Morgan fingerprint density at radius 2 is 1.93 bits per heavy atom. The maximum absolute atomic E-state index is 11.9. The van der Waals surface area contributed by atoms with Gasteiger partial charge in [0.15, 0.2) is 4.34 Å². The van der Waals surface area contributed by atoms with Crippen LogP contribution in [0.1, 0.15) is 12.8 Å². The summed E-state index contributed by atoms with van der Waals surface area (Å²) in [6, 6.07) is 14.3. The van der Waals surface area contributed by atoms with E-state index in [1.165, 1.54) is 16.8 Å². The van der Waals surface area contributed by atoms with Gasteiger partial charge in [-0.3, -0.25) is 14.9 Å². The smallest absolute Gasteiger partial charge is 0.269 e. The van der Waals surface area contributed by atoms with Gasteiger partial charge < -0.3 is 10.6 Å². The highest BCUT2D eigenvalue weighted by Crippen LogP contribution is 2.29. The second-order valence-electron chi connectivity index (χ2n) is 5.98. The van der Waals surface area contributed by atoms with E-state index in [4.69, 9.17) is 0 Å². The fourth-order valence-corrected chi connectivity index (χ4v) is 4.58. The first-order chi connectivity index (χ1) is 13.6. The van der Waals surface area contributed by atoms with Gasteiger partial charge in [0.05, 0.1) is 15.1 Å². The molecule has 0 radical (unpaired) electrons. The van der Waals surface area contributed by atoms with Gasteiger partial charge in [0.1, 0.15) is 0 Å². The molecule has 0 saturated carbocycles. The number of carbonyl (C=O) groups excluding carboxylic acids is 1. The Balaban J connectivity index is 1.27. The number of hydrogen-bond donors (Lipinski definition) is 2. The molecule has 0 saturated heterocycles. The second kappa shape index (κ2) is 10.0. The van der Waals surface area contributed by atoms with Crippen LogP contribution in [-0.4, -0.2) is 34.7 Å². The lowest BCUT2D eigenvalue weighted by atomic mass is 10.3. The van der Waals surface area contributed by atoms with Gasteiger partial charge in [0.2, 0.25) is 5.91 Å². The van der Waals surface area contributed by atoms with E-state index in [-0.39, 0.29) is 11.6 Å². The second-order valence-corrected chi connectivity index (χ2v) is 8.35. The maximum Gasteiger partial charge on any atom is 0.269 e. The average Bonchev–Trinajstić information content (AvgIpc) is 3.12. The fraction of sp³-hybridized carbons (Fsp3) is 0.263. The molecule has 2 N–H and O–H groups in total. The Bertz CT molecular complexity index is 911. The summed E-state index contributed by atoms with van der Waals surface area (Å²) in [6.07, 6.45) is 1.28. The van der Waals surface area contributed by atoms with Crippen LogP contribution in [-0.2, 0) is 4.79 Å². The van der Waals surface area contributed by atoms with Crippen molar-refractivity contribution in [2.75, 3.05) is 24.2 Å². The van der Waals surface area contributed by atoms with Gasteiger partial charge in [-0.25, -0.2) is 4.98 Å². The molecule has 3 aromatic rings. The topological polar surface area (TPSA) is 97.2 Å². The Hall–Kier alpha value is -2.65.